The molecule has 1 aromatic heterocycles. The number of rotatable bonds is 7. The van der Waals surface area contributed by atoms with Crippen molar-refractivity contribution in [3.05, 3.63) is 71.4 Å². The SMILES string of the molecule is CCN(CC)c1ccc(Nc2cc(NC(=O)c3ccccc3)c(O)cc2C)c(C)n1. The van der Waals surface area contributed by atoms with Gasteiger partial charge in [0.1, 0.15) is 11.6 Å². The molecule has 2 aromatic carbocycles. The molecule has 0 fully saturated rings. The van der Waals surface area contributed by atoms with Crippen molar-refractivity contribution in [1.82, 2.24) is 4.98 Å². The molecule has 3 aromatic rings. The Morgan fingerprint density at radius 2 is 1.67 bits per heavy atom. The number of hydrogen-bond acceptors (Lipinski definition) is 5. The Hall–Kier alpha value is -3.54. The van der Waals surface area contributed by atoms with Crippen LogP contribution in [0.5, 0.6) is 5.75 Å². The van der Waals surface area contributed by atoms with Crippen LogP contribution in [0.4, 0.5) is 22.9 Å². The third kappa shape index (κ3) is 4.71. The van der Waals surface area contributed by atoms with E-state index >= 15 is 0 Å². The van der Waals surface area contributed by atoms with E-state index in [-0.39, 0.29) is 11.7 Å². The first kappa shape index (κ1) is 21.2. The average molecular weight is 405 g/mol. The topological polar surface area (TPSA) is 77.5 Å². The second-order valence-corrected chi connectivity index (χ2v) is 7.10. The number of benzene rings is 2. The van der Waals surface area contributed by atoms with Crippen LogP contribution < -0.4 is 15.5 Å². The van der Waals surface area contributed by atoms with Crippen molar-refractivity contribution in [1.29, 1.82) is 0 Å². The molecule has 0 unspecified atom stereocenters. The number of aromatic hydroxyl groups is 1. The van der Waals surface area contributed by atoms with Crippen LogP contribution in [-0.2, 0) is 0 Å². The predicted octanol–water partition coefficient (Wildman–Crippen LogP) is 5.25. The third-order valence-corrected chi connectivity index (χ3v) is 5.05. The van der Waals surface area contributed by atoms with Gasteiger partial charge in [-0.3, -0.25) is 4.79 Å². The molecular weight excluding hydrogens is 376 g/mol. The van der Waals surface area contributed by atoms with Gasteiger partial charge in [0.25, 0.3) is 5.91 Å². The normalized spacial score (nSPS) is 10.5. The van der Waals surface area contributed by atoms with Crippen molar-refractivity contribution >= 4 is 28.8 Å². The van der Waals surface area contributed by atoms with Crippen LogP contribution in [0, 0.1) is 13.8 Å². The number of aryl methyl sites for hydroxylation is 2. The van der Waals surface area contributed by atoms with Crippen molar-refractivity contribution in [2.24, 2.45) is 0 Å². The lowest BCUT2D eigenvalue weighted by molar-refractivity contribution is 0.102. The summed E-state index contributed by atoms with van der Waals surface area (Å²) in [6, 6.07) is 16.3. The molecule has 0 aliphatic carbocycles. The third-order valence-electron chi connectivity index (χ3n) is 5.05. The van der Waals surface area contributed by atoms with Crippen molar-refractivity contribution in [3.8, 4) is 5.75 Å². The maximum atomic E-state index is 12.5. The van der Waals surface area contributed by atoms with E-state index < -0.39 is 0 Å². The zero-order valence-corrected chi connectivity index (χ0v) is 17.9. The van der Waals surface area contributed by atoms with Gasteiger partial charge in [-0.05, 0) is 69.7 Å². The maximum absolute atomic E-state index is 12.5. The summed E-state index contributed by atoms with van der Waals surface area (Å²) in [5.41, 5.74) is 4.28. The van der Waals surface area contributed by atoms with Crippen molar-refractivity contribution < 1.29 is 9.90 Å². The largest absolute Gasteiger partial charge is 0.506 e. The molecule has 156 valence electrons. The van der Waals surface area contributed by atoms with Crippen molar-refractivity contribution in [3.63, 3.8) is 0 Å². The van der Waals surface area contributed by atoms with Gasteiger partial charge in [-0.2, -0.15) is 0 Å². The Morgan fingerprint density at radius 3 is 2.30 bits per heavy atom. The summed E-state index contributed by atoms with van der Waals surface area (Å²) < 4.78 is 0. The maximum Gasteiger partial charge on any atom is 0.255 e. The second-order valence-electron chi connectivity index (χ2n) is 7.10. The minimum Gasteiger partial charge on any atom is -0.506 e. The van der Waals surface area contributed by atoms with Gasteiger partial charge in [-0.25, -0.2) is 4.98 Å². The van der Waals surface area contributed by atoms with Gasteiger partial charge in [-0.15, -0.1) is 0 Å². The molecule has 1 amide bonds. The number of aromatic nitrogens is 1. The highest BCUT2D eigenvalue weighted by Gasteiger charge is 2.13. The van der Waals surface area contributed by atoms with Crippen LogP contribution in [0.2, 0.25) is 0 Å². The van der Waals surface area contributed by atoms with Crippen molar-refractivity contribution in [2.45, 2.75) is 27.7 Å². The van der Waals surface area contributed by atoms with Gasteiger partial charge in [0, 0.05) is 24.3 Å². The van der Waals surface area contributed by atoms with Gasteiger partial charge < -0.3 is 20.6 Å². The number of phenolic OH excluding ortho intramolecular Hbond substituents is 1. The summed E-state index contributed by atoms with van der Waals surface area (Å²) in [7, 11) is 0. The Morgan fingerprint density at radius 1 is 0.967 bits per heavy atom. The molecule has 6 heteroatoms. The summed E-state index contributed by atoms with van der Waals surface area (Å²) in [5, 5.41) is 16.5. The average Bonchev–Trinajstić information content (AvgIpc) is 2.74. The molecule has 1 heterocycles. The van der Waals surface area contributed by atoms with Gasteiger partial charge in [0.05, 0.1) is 17.1 Å². The van der Waals surface area contributed by atoms with Crippen LogP contribution in [-0.4, -0.2) is 29.1 Å². The van der Waals surface area contributed by atoms with Crippen LogP contribution in [0.15, 0.2) is 54.6 Å². The Labute approximate surface area is 177 Å². The molecule has 0 saturated carbocycles. The molecule has 0 spiro atoms. The summed E-state index contributed by atoms with van der Waals surface area (Å²) in [6.45, 7) is 9.88. The molecule has 0 saturated heterocycles. The summed E-state index contributed by atoms with van der Waals surface area (Å²) in [6.07, 6.45) is 0. The highest BCUT2D eigenvalue weighted by atomic mass is 16.3. The van der Waals surface area contributed by atoms with E-state index in [1.807, 2.05) is 32.0 Å². The summed E-state index contributed by atoms with van der Waals surface area (Å²) in [4.78, 5) is 19.4. The summed E-state index contributed by atoms with van der Waals surface area (Å²) in [5.74, 6) is 0.692. The first-order valence-corrected chi connectivity index (χ1v) is 10.1. The number of hydrogen-bond donors (Lipinski definition) is 3. The van der Waals surface area contributed by atoms with Gasteiger partial charge >= 0.3 is 0 Å². The number of pyridine rings is 1. The fraction of sp³-hybridized carbons (Fsp3) is 0.250. The number of anilines is 4. The highest BCUT2D eigenvalue weighted by molar-refractivity contribution is 6.05. The molecule has 3 rings (SSSR count). The van der Waals surface area contributed by atoms with E-state index in [2.05, 4.69) is 29.4 Å². The minimum absolute atomic E-state index is 0.0223. The lowest BCUT2D eigenvalue weighted by atomic mass is 10.1. The molecule has 0 radical (unpaired) electrons. The number of nitrogens with one attached hydrogen (secondary N) is 2. The molecule has 3 N–H and O–H groups in total. The quantitative estimate of drug-likeness (QED) is 0.370. The Kier molecular flexibility index (Phi) is 6.57. The number of amides is 1. The summed E-state index contributed by atoms with van der Waals surface area (Å²) >= 11 is 0. The Bertz CT molecular complexity index is 1030. The monoisotopic (exact) mass is 404 g/mol. The van der Waals surface area contributed by atoms with E-state index in [0.717, 1.165) is 41.5 Å². The highest BCUT2D eigenvalue weighted by Crippen LogP contribution is 2.33. The van der Waals surface area contributed by atoms with E-state index in [4.69, 9.17) is 4.98 Å². The molecule has 30 heavy (non-hydrogen) atoms. The number of phenols is 1. The molecule has 0 bridgehead atoms. The van der Waals surface area contributed by atoms with Crippen LogP contribution in [0.25, 0.3) is 0 Å². The van der Waals surface area contributed by atoms with E-state index in [9.17, 15) is 9.90 Å². The minimum atomic E-state index is -0.276. The van der Waals surface area contributed by atoms with Gasteiger partial charge in [0.2, 0.25) is 0 Å². The fourth-order valence-corrected chi connectivity index (χ4v) is 3.26. The standard InChI is InChI=1S/C24H28N4O2/c1-5-28(6-2)23-13-12-19(17(4)25-23)26-20-15-21(22(29)14-16(20)3)27-24(30)18-10-8-7-9-11-18/h7-15,26,29H,5-6H2,1-4H3,(H,27,30). The van der Waals surface area contributed by atoms with Crippen LogP contribution in [0.1, 0.15) is 35.5 Å². The predicted molar refractivity (Wildman–Crippen MR) is 123 cm³/mol. The number of carbonyl (C=O) groups is 1. The first-order valence-electron chi connectivity index (χ1n) is 10.1. The van der Waals surface area contributed by atoms with Crippen LogP contribution in [0.3, 0.4) is 0 Å². The van der Waals surface area contributed by atoms with E-state index in [0.29, 0.717) is 11.3 Å². The smallest absolute Gasteiger partial charge is 0.255 e. The molecular formula is C24H28N4O2. The fourth-order valence-electron chi connectivity index (χ4n) is 3.26. The van der Waals surface area contributed by atoms with Gasteiger partial charge in [-0.1, -0.05) is 18.2 Å². The van der Waals surface area contributed by atoms with Gasteiger partial charge in [0.15, 0.2) is 0 Å². The molecule has 0 atom stereocenters. The lowest BCUT2D eigenvalue weighted by Crippen LogP contribution is -2.23. The molecule has 0 aliphatic heterocycles. The van der Waals surface area contributed by atoms with Crippen LogP contribution >= 0.6 is 0 Å². The first-order chi connectivity index (χ1) is 14.4. The van der Waals surface area contributed by atoms with E-state index in [1.54, 1.807) is 36.4 Å². The molecule has 0 aliphatic rings. The van der Waals surface area contributed by atoms with E-state index in [1.165, 1.54) is 0 Å². The Balaban J connectivity index is 1.85. The lowest BCUT2D eigenvalue weighted by Gasteiger charge is -2.21. The number of carbonyl (C=O) groups excluding carboxylic acids is 1. The van der Waals surface area contributed by atoms with Crippen molar-refractivity contribution in [2.75, 3.05) is 28.6 Å². The zero-order chi connectivity index (χ0) is 21.7. The number of nitrogens with zero attached hydrogens (tertiary/aromatic N) is 2. The zero-order valence-electron chi connectivity index (χ0n) is 17.9. The molecule has 6 nitrogen and oxygen atoms in total. The second kappa shape index (κ2) is 9.31.